The largest absolute Gasteiger partial charge is 0.490 e. The molecule has 0 aliphatic carbocycles. The van der Waals surface area contributed by atoms with Crippen LogP contribution in [0.25, 0.3) is 0 Å². The predicted octanol–water partition coefficient (Wildman–Crippen LogP) is 1.27. The Morgan fingerprint density at radius 1 is 1.32 bits per heavy atom. The van der Waals surface area contributed by atoms with Crippen LogP contribution in [0.1, 0.15) is 6.42 Å². The van der Waals surface area contributed by atoms with Gasteiger partial charge in [-0.2, -0.15) is 13.2 Å². The number of rotatable bonds is 4. The molecule has 0 unspecified atom stereocenters. The fraction of sp³-hybridized carbons (Fsp3) is 0.667. The van der Waals surface area contributed by atoms with Gasteiger partial charge >= 0.3 is 12.1 Å². The third-order valence-electron chi connectivity index (χ3n) is 4.26. The molecule has 2 aliphatic rings. The smallest absolute Gasteiger partial charge is 0.475 e. The second-order valence-electron chi connectivity index (χ2n) is 6.23. The van der Waals surface area contributed by atoms with Gasteiger partial charge in [0, 0.05) is 51.1 Å². The molecule has 0 radical (unpaired) electrons. The van der Waals surface area contributed by atoms with Gasteiger partial charge in [-0.3, -0.25) is 0 Å². The van der Waals surface area contributed by atoms with E-state index in [0.29, 0.717) is 5.41 Å². The fourth-order valence-corrected chi connectivity index (χ4v) is 3.06. The number of likely N-dealkylation sites (tertiary alicyclic amines) is 1. The number of alkyl halides is 3. The summed E-state index contributed by atoms with van der Waals surface area (Å²) in [5.41, 5.74) is 0.479. The summed E-state index contributed by atoms with van der Waals surface area (Å²) in [4.78, 5) is 22.3. The van der Waals surface area contributed by atoms with E-state index >= 15 is 0 Å². The quantitative estimate of drug-likeness (QED) is 0.864. The SMILES string of the molecule is COCCN1CCC2(C1)CN(c1ncccn1)C2.O=C(O)C(F)(F)F. The summed E-state index contributed by atoms with van der Waals surface area (Å²) in [6, 6.07) is 1.86. The lowest BCUT2D eigenvalue weighted by atomic mass is 9.79. The number of anilines is 1. The van der Waals surface area contributed by atoms with Crippen molar-refractivity contribution in [2.45, 2.75) is 12.6 Å². The van der Waals surface area contributed by atoms with Gasteiger partial charge < -0.3 is 19.6 Å². The van der Waals surface area contributed by atoms with E-state index in [9.17, 15) is 13.2 Å². The summed E-state index contributed by atoms with van der Waals surface area (Å²) < 4.78 is 36.9. The summed E-state index contributed by atoms with van der Waals surface area (Å²) in [7, 11) is 1.77. The van der Waals surface area contributed by atoms with Gasteiger partial charge in [-0.05, 0) is 19.0 Å². The first-order chi connectivity index (χ1) is 11.8. The molecule has 2 saturated heterocycles. The molecule has 1 spiro atoms. The van der Waals surface area contributed by atoms with Crippen LogP contribution in [-0.2, 0) is 9.53 Å². The molecule has 0 aromatic carbocycles. The van der Waals surface area contributed by atoms with E-state index in [1.165, 1.54) is 19.5 Å². The van der Waals surface area contributed by atoms with Gasteiger partial charge in [0.2, 0.25) is 5.95 Å². The van der Waals surface area contributed by atoms with Gasteiger partial charge in [0.25, 0.3) is 0 Å². The van der Waals surface area contributed by atoms with Crippen molar-refractivity contribution < 1.29 is 27.8 Å². The Bertz CT molecular complexity index is 565. The molecule has 3 heterocycles. The number of aliphatic carboxylic acids is 1. The Morgan fingerprint density at radius 3 is 2.44 bits per heavy atom. The second-order valence-corrected chi connectivity index (χ2v) is 6.23. The van der Waals surface area contributed by atoms with Gasteiger partial charge in [0.15, 0.2) is 0 Å². The van der Waals surface area contributed by atoms with Crippen LogP contribution in [0.15, 0.2) is 18.5 Å². The first kappa shape index (κ1) is 19.4. The van der Waals surface area contributed by atoms with E-state index < -0.39 is 12.1 Å². The van der Waals surface area contributed by atoms with E-state index in [0.717, 1.165) is 32.2 Å². The molecule has 2 aliphatic heterocycles. The van der Waals surface area contributed by atoms with Gasteiger partial charge in [-0.15, -0.1) is 0 Å². The van der Waals surface area contributed by atoms with Crippen molar-refractivity contribution in [3.8, 4) is 0 Å². The molecule has 0 bridgehead atoms. The predicted molar refractivity (Wildman–Crippen MR) is 83.3 cm³/mol. The third-order valence-corrected chi connectivity index (χ3v) is 4.26. The maximum Gasteiger partial charge on any atom is 0.490 e. The first-order valence-corrected chi connectivity index (χ1v) is 7.79. The number of hydrogen-bond acceptors (Lipinski definition) is 6. The molecular formula is C15H21F3N4O3. The van der Waals surface area contributed by atoms with Crippen molar-refractivity contribution >= 4 is 11.9 Å². The average Bonchev–Trinajstić information content (AvgIpc) is 2.96. The van der Waals surface area contributed by atoms with Crippen LogP contribution in [0.5, 0.6) is 0 Å². The van der Waals surface area contributed by atoms with Crippen molar-refractivity contribution in [1.82, 2.24) is 14.9 Å². The highest BCUT2D eigenvalue weighted by Crippen LogP contribution is 2.40. The molecule has 1 aromatic rings. The van der Waals surface area contributed by atoms with Crippen molar-refractivity contribution in [1.29, 1.82) is 0 Å². The maximum absolute atomic E-state index is 10.6. The van der Waals surface area contributed by atoms with Crippen molar-refractivity contribution in [2.24, 2.45) is 5.41 Å². The first-order valence-electron chi connectivity index (χ1n) is 7.79. The fourth-order valence-electron chi connectivity index (χ4n) is 3.06. The average molecular weight is 362 g/mol. The highest BCUT2D eigenvalue weighted by atomic mass is 19.4. The van der Waals surface area contributed by atoms with Crippen LogP contribution in [0.4, 0.5) is 19.1 Å². The number of carboxylic acid groups (broad SMARTS) is 1. The van der Waals surface area contributed by atoms with Crippen LogP contribution in [0, 0.1) is 5.41 Å². The standard InChI is InChI=1S/C13H20N4O.C2HF3O2/c1-18-8-7-16-6-3-13(9-16)10-17(11-13)12-14-4-2-5-15-12;3-2(4,5)1(6)7/h2,4-5H,3,6-11H2,1H3;(H,6,7). The van der Waals surface area contributed by atoms with E-state index in [1.807, 2.05) is 18.5 Å². The lowest BCUT2D eigenvalue weighted by Gasteiger charge is -2.48. The molecule has 0 atom stereocenters. The summed E-state index contributed by atoms with van der Waals surface area (Å²) in [6.07, 6.45) is -0.167. The van der Waals surface area contributed by atoms with Crippen LogP contribution in [0.2, 0.25) is 0 Å². The molecular weight excluding hydrogens is 341 g/mol. The summed E-state index contributed by atoms with van der Waals surface area (Å²) >= 11 is 0. The zero-order chi connectivity index (χ0) is 18.5. The molecule has 1 aromatic heterocycles. The number of ether oxygens (including phenoxy) is 1. The number of hydrogen-bond donors (Lipinski definition) is 1. The van der Waals surface area contributed by atoms with Crippen LogP contribution in [-0.4, -0.2) is 78.6 Å². The summed E-state index contributed by atoms with van der Waals surface area (Å²) in [5.74, 6) is -1.88. The molecule has 1 N–H and O–H groups in total. The Morgan fingerprint density at radius 2 is 1.92 bits per heavy atom. The minimum Gasteiger partial charge on any atom is -0.475 e. The monoisotopic (exact) mass is 362 g/mol. The van der Waals surface area contributed by atoms with Gasteiger partial charge in [0.1, 0.15) is 0 Å². The maximum atomic E-state index is 10.6. The molecule has 0 amide bonds. The van der Waals surface area contributed by atoms with Crippen LogP contribution >= 0.6 is 0 Å². The Balaban J connectivity index is 0.000000277. The number of nitrogens with zero attached hydrogens (tertiary/aromatic N) is 4. The molecule has 0 saturated carbocycles. The number of aromatic nitrogens is 2. The molecule has 10 heteroatoms. The molecule has 140 valence electrons. The normalized spacial score (nSPS) is 19.3. The topological polar surface area (TPSA) is 78.8 Å². The number of carboxylic acids is 1. The second kappa shape index (κ2) is 7.96. The Hall–Kier alpha value is -1.94. The number of carbonyl (C=O) groups is 1. The van der Waals surface area contributed by atoms with Gasteiger partial charge in [0.05, 0.1) is 6.61 Å². The third kappa shape index (κ3) is 5.27. The number of halogens is 3. The zero-order valence-corrected chi connectivity index (χ0v) is 13.9. The lowest BCUT2D eigenvalue weighted by molar-refractivity contribution is -0.192. The molecule has 7 nitrogen and oxygen atoms in total. The van der Waals surface area contributed by atoms with E-state index in [-0.39, 0.29) is 0 Å². The highest BCUT2D eigenvalue weighted by Gasteiger charge is 2.48. The van der Waals surface area contributed by atoms with E-state index in [4.69, 9.17) is 14.6 Å². The summed E-state index contributed by atoms with van der Waals surface area (Å²) in [6.45, 7) is 6.48. The highest BCUT2D eigenvalue weighted by molar-refractivity contribution is 5.73. The zero-order valence-electron chi connectivity index (χ0n) is 13.9. The van der Waals surface area contributed by atoms with Crippen LogP contribution < -0.4 is 4.90 Å². The van der Waals surface area contributed by atoms with Crippen LogP contribution in [0.3, 0.4) is 0 Å². The Labute approximate surface area is 143 Å². The lowest BCUT2D eigenvalue weighted by Crippen LogP contribution is -2.58. The van der Waals surface area contributed by atoms with Gasteiger partial charge in [-0.1, -0.05) is 0 Å². The van der Waals surface area contributed by atoms with Crippen molar-refractivity contribution in [2.75, 3.05) is 51.3 Å². The minimum atomic E-state index is -5.08. The molecule has 3 rings (SSSR count). The van der Waals surface area contributed by atoms with Crippen molar-refractivity contribution in [3.63, 3.8) is 0 Å². The van der Waals surface area contributed by atoms with E-state index in [1.54, 1.807) is 7.11 Å². The minimum absolute atomic E-state index is 0.479. The van der Waals surface area contributed by atoms with Crippen molar-refractivity contribution in [3.05, 3.63) is 18.5 Å². The molecule has 2 fully saturated rings. The molecule has 25 heavy (non-hydrogen) atoms. The Kier molecular flexibility index (Phi) is 6.17. The summed E-state index contributed by atoms with van der Waals surface area (Å²) in [5, 5.41) is 7.12. The van der Waals surface area contributed by atoms with E-state index in [2.05, 4.69) is 19.8 Å². The van der Waals surface area contributed by atoms with Gasteiger partial charge in [-0.25, -0.2) is 14.8 Å². The number of methoxy groups -OCH3 is 1.